The SMILES string of the molecule is CCOc1ccc(C(C#N)c2ccccc2N)cc1. The zero-order valence-corrected chi connectivity index (χ0v) is 10.8. The number of anilines is 1. The van der Waals surface area contributed by atoms with E-state index in [1.165, 1.54) is 0 Å². The molecule has 0 aliphatic rings. The van der Waals surface area contributed by atoms with E-state index >= 15 is 0 Å². The van der Waals surface area contributed by atoms with Crippen LogP contribution in [0.15, 0.2) is 48.5 Å². The Morgan fingerprint density at radius 1 is 1.16 bits per heavy atom. The van der Waals surface area contributed by atoms with Crippen LogP contribution in [0.2, 0.25) is 0 Å². The molecule has 2 aromatic carbocycles. The normalized spacial score (nSPS) is 11.6. The molecule has 1 atom stereocenters. The average molecular weight is 252 g/mol. The van der Waals surface area contributed by atoms with Crippen molar-refractivity contribution in [2.24, 2.45) is 0 Å². The Bertz CT molecular complexity index is 584. The summed E-state index contributed by atoms with van der Waals surface area (Å²) in [4.78, 5) is 0. The van der Waals surface area contributed by atoms with Gasteiger partial charge in [0, 0.05) is 5.69 Å². The van der Waals surface area contributed by atoms with Gasteiger partial charge < -0.3 is 10.5 Å². The lowest BCUT2D eigenvalue weighted by atomic mass is 9.91. The second-order valence-corrected chi connectivity index (χ2v) is 4.19. The molecule has 3 nitrogen and oxygen atoms in total. The molecular weight excluding hydrogens is 236 g/mol. The van der Waals surface area contributed by atoms with Crippen LogP contribution in [-0.2, 0) is 0 Å². The van der Waals surface area contributed by atoms with Gasteiger partial charge in [-0.2, -0.15) is 5.26 Å². The molecule has 19 heavy (non-hydrogen) atoms. The summed E-state index contributed by atoms with van der Waals surface area (Å²) in [7, 11) is 0. The average Bonchev–Trinajstić information content (AvgIpc) is 2.44. The molecule has 96 valence electrons. The summed E-state index contributed by atoms with van der Waals surface area (Å²) in [6, 6.07) is 17.3. The molecule has 3 heteroatoms. The van der Waals surface area contributed by atoms with Crippen molar-refractivity contribution in [1.29, 1.82) is 5.26 Å². The molecule has 0 amide bonds. The highest BCUT2D eigenvalue weighted by atomic mass is 16.5. The molecule has 2 N–H and O–H groups in total. The lowest BCUT2D eigenvalue weighted by Gasteiger charge is -2.13. The van der Waals surface area contributed by atoms with Gasteiger partial charge in [-0.15, -0.1) is 0 Å². The van der Waals surface area contributed by atoms with Gasteiger partial charge in [-0.05, 0) is 36.2 Å². The molecule has 1 unspecified atom stereocenters. The Morgan fingerprint density at radius 3 is 2.42 bits per heavy atom. The van der Waals surface area contributed by atoms with E-state index in [1.54, 1.807) is 0 Å². The third-order valence-electron chi connectivity index (χ3n) is 2.96. The summed E-state index contributed by atoms with van der Waals surface area (Å²) in [5, 5.41) is 9.39. The number of hydrogen-bond acceptors (Lipinski definition) is 3. The summed E-state index contributed by atoms with van der Waals surface area (Å²) in [5.41, 5.74) is 8.34. The standard InChI is InChI=1S/C16H16N2O/c1-2-19-13-9-7-12(8-10-13)15(11-17)14-5-3-4-6-16(14)18/h3-10,15H,2,18H2,1H3. The number of rotatable bonds is 4. The lowest BCUT2D eigenvalue weighted by Crippen LogP contribution is -2.02. The van der Waals surface area contributed by atoms with E-state index in [2.05, 4.69) is 6.07 Å². The van der Waals surface area contributed by atoms with Crippen molar-refractivity contribution in [3.8, 4) is 11.8 Å². The van der Waals surface area contributed by atoms with E-state index in [9.17, 15) is 5.26 Å². The van der Waals surface area contributed by atoms with Crippen molar-refractivity contribution < 1.29 is 4.74 Å². The minimum atomic E-state index is -0.350. The summed E-state index contributed by atoms with van der Waals surface area (Å²) in [6.45, 7) is 2.57. The van der Waals surface area contributed by atoms with Crippen molar-refractivity contribution in [3.63, 3.8) is 0 Å². The predicted octanol–water partition coefficient (Wildman–Crippen LogP) is 3.32. The van der Waals surface area contributed by atoms with Crippen LogP contribution >= 0.6 is 0 Å². The van der Waals surface area contributed by atoms with Crippen LogP contribution in [0.3, 0.4) is 0 Å². The first-order valence-corrected chi connectivity index (χ1v) is 6.23. The molecule has 0 fully saturated rings. The maximum absolute atomic E-state index is 9.39. The van der Waals surface area contributed by atoms with E-state index in [1.807, 2.05) is 55.5 Å². The first kappa shape index (κ1) is 13.0. The number of para-hydroxylation sites is 1. The number of nitriles is 1. The van der Waals surface area contributed by atoms with Crippen LogP contribution in [0.4, 0.5) is 5.69 Å². The van der Waals surface area contributed by atoms with Crippen molar-refractivity contribution >= 4 is 5.69 Å². The van der Waals surface area contributed by atoms with E-state index in [0.29, 0.717) is 12.3 Å². The first-order chi connectivity index (χ1) is 9.26. The minimum Gasteiger partial charge on any atom is -0.494 e. The van der Waals surface area contributed by atoms with Crippen LogP contribution in [0.25, 0.3) is 0 Å². The molecule has 0 aromatic heterocycles. The molecule has 0 spiro atoms. The van der Waals surface area contributed by atoms with Crippen molar-refractivity contribution in [2.75, 3.05) is 12.3 Å². The highest BCUT2D eigenvalue weighted by Crippen LogP contribution is 2.29. The summed E-state index contributed by atoms with van der Waals surface area (Å²) >= 11 is 0. The molecule has 0 saturated heterocycles. The Hall–Kier alpha value is -2.47. The van der Waals surface area contributed by atoms with E-state index in [-0.39, 0.29) is 5.92 Å². The van der Waals surface area contributed by atoms with Gasteiger partial charge in [0.15, 0.2) is 0 Å². The Labute approximate surface area is 113 Å². The minimum absolute atomic E-state index is 0.350. The number of ether oxygens (including phenoxy) is 1. The quantitative estimate of drug-likeness (QED) is 0.849. The molecule has 0 radical (unpaired) electrons. The summed E-state index contributed by atoms with van der Waals surface area (Å²) in [5.74, 6) is 0.459. The maximum Gasteiger partial charge on any atom is 0.119 e. The molecular formula is C16H16N2O. The number of nitrogens with two attached hydrogens (primary N) is 1. The highest BCUT2D eigenvalue weighted by molar-refractivity contribution is 5.54. The molecule has 0 heterocycles. The van der Waals surface area contributed by atoms with Crippen LogP contribution in [-0.4, -0.2) is 6.61 Å². The smallest absolute Gasteiger partial charge is 0.119 e. The Kier molecular flexibility index (Phi) is 4.04. The zero-order valence-electron chi connectivity index (χ0n) is 10.8. The third kappa shape index (κ3) is 2.86. The van der Waals surface area contributed by atoms with Gasteiger partial charge in [0.25, 0.3) is 0 Å². The third-order valence-corrected chi connectivity index (χ3v) is 2.96. The number of nitrogen functional groups attached to an aromatic ring is 1. The van der Waals surface area contributed by atoms with Gasteiger partial charge in [-0.3, -0.25) is 0 Å². The Balaban J connectivity index is 2.33. The molecule has 0 aliphatic heterocycles. The van der Waals surface area contributed by atoms with Crippen LogP contribution in [0.1, 0.15) is 24.0 Å². The van der Waals surface area contributed by atoms with E-state index < -0.39 is 0 Å². The van der Waals surface area contributed by atoms with Gasteiger partial charge in [0.2, 0.25) is 0 Å². The van der Waals surface area contributed by atoms with Gasteiger partial charge in [0.05, 0.1) is 18.6 Å². The predicted molar refractivity (Wildman–Crippen MR) is 75.9 cm³/mol. The lowest BCUT2D eigenvalue weighted by molar-refractivity contribution is 0.340. The zero-order chi connectivity index (χ0) is 13.7. The molecule has 2 aromatic rings. The summed E-state index contributed by atoms with van der Waals surface area (Å²) in [6.07, 6.45) is 0. The van der Waals surface area contributed by atoms with Crippen LogP contribution < -0.4 is 10.5 Å². The second kappa shape index (κ2) is 5.92. The molecule has 0 bridgehead atoms. The number of benzene rings is 2. The van der Waals surface area contributed by atoms with Crippen molar-refractivity contribution in [3.05, 3.63) is 59.7 Å². The summed E-state index contributed by atoms with van der Waals surface area (Å²) < 4.78 is 5.40. The van der Waals surface area contributed by atoms with Crippen LogP contribution in [0.5, 0.6) is 5.75 Å². The largest absolute Gasteiger partial charge is 0.494 e. The van der Waals surface area contributed by atoms with Crippen LogP contribution in [0, 0.1) is 11.3 Å². The molecule has 0 aliphatic carbocycles. The molecule has 2 rings (SSSR count). The van der Waals surface area contributed by atoms with Gasteiger partial charge >= 0.3 is 0 Å². The Morgan fingerprint density at radius 2 is 1.84 bits per heavy atom. The number of nitrogens with zero attached hydrogens (tertiary/aromatic N) is 1. The van der Waals surface area contributed by atoms with Crippen molar-refractivity contribution in [2.45, 2.75) is 12.8 Å². The van der Waals surface area contributed by atoms with Crippen molar-refractivity contribution in [1.82, 2.24) is 0 Å². The van der Waals surface area contributed by atoms with E-state index in [0.717, 1.165) is 16.9 Å². The first-order valence-electron chi connectivity index (χ1n) is 6.23. The number of hydrogen-bond donors (Lipinski definition) is 1. The van der Waals surface area contributed by atoms with Gasteiger partial charge in [-0.1, -0.05) is 30.3 Å². The highest BCUT2D eigenvalue weighted by Gasteiger charge is 2.15. The van der Waals surface area contributed by atoms with E-state index in [4.69, 9.17) is 10.5 Å². The van der Waals surface area contributed by atoms with Gasteiger partial charge in [0.1, 0.15) is 5.75 Å². The fourth-order valence-corrected chi connectivity index (χ4v) is 2.02. The maximum atomic E-state index is 9.39. The second-order valence-electron chi connectivity index (χ2n) is 4.19. The molecule has 0 saturated carbocycles. The topological polar surface area (TPSA) is 59.0 Å². The fraction of sp³-hybridized carbons (Fsp3) is 0.188. The monoisotopic (exact) mass is 252 g/mol. The van der Waals surface area contributed by atoms with Gasteiger partial charge in [-0.25, -0.2) is 0 Å². The fourth-order valence-electron chi connectivity index (χ4n) is 2.02.